The fourth-order valence-corrected chi connectivity index (χ4v) is 28.0. The first kappa shape index (κ1) is 22.9. The van der Waals surface area contributed by atoms with E-state index in [-0.39, 0.29) is 24.8 Å². The fourth-order valence-electron chi connectivity index (χ4n) is 5.83. The summed E-state index contributed by atoms with van der Waals surface area (Å²) in [5, 5.41) is 0. The van der Waals surface area contributed by atoms with Crippen molar-refractivity contribution in [3.63, 3.8) is 0 Å². The van der Waals surface area contributed by atoms with Crippen LogP contribution < -0.4 is 0 Å². The van der Waals surface area contributed by atoms with Gasteiger partial charge in [0.2, 0.25) is 0 Å². The number of halogens is 2. The molecule has 0 saturated heterocycles. The molecule has 0 spiro atoms. The Labute approximate surface area is 178 Å². The van der Waals surface area contributed by atoms with E-state index in [9.17, 15) is 0 Å². The van der Waals surface area contributed by atoms with Crippen LogP contribution in [0.2, 0.25) is 8.76 Å². The minimum Gasteiger partial charge on any atom is -0.147 e. The first-order valence-corrected chi connectivity index (χ1v) is 22.4. The molecule has 0 N–H and O–H groups in total. The summed E-state index contributed by atoms with van der Waals surface area (Å²) in [4.78, 5) is 0. The van der Waals surface area contributed by atoms with Crippen LogP contribution in [0.3, 0.4) is 0 Å². The van der Waals surface area contributed by atoms with Crippen LogP contribution in [0.4, 0.5) is 0 Å². The first-order valence-electron chi connectivity index (χ1n) is 9.46. The molecule has 0 saturated carbocycles. The standard InChI is InChI=1S/2C10H9.C2H5.CH3.2ClH.H2Si.Zr/c2*1-8-6-9-4-2-3-5-10(9)7-8;1-2;;;;;/h2*2-7H,1H3;1H2,2H3;1H3;2*1H;1H2;. The van der Waals surface area contributed by atoms with Crippen LogP contribution in [0.5, 0.6) is 0 Å². The van der Waals surface area contributed by atoms with Crippen molar-refractivity contribution in [3.05, 3.63) is 81.9 Å². The summed E-state index contributed by atoms with van der Waals surface area (Å²) in [5.41, 5.74) is 9.32. The summed E-state index contributed by atoms with van der Waals surface area (Å²) in [6, 6.07) is 18.2. The second kappa shape index (κ2) is 7.79. The van der Waals surface area contributed by atoms with E-state index in [1.807, 2.05) is 0 Å². The van der Waals surface area contributed by atoms with E-state index < -0.39 is 17.4 Å². The summed E-state index contributed by atoms with van der Waals surface area (Å²) in [6.07, 6.45) is 4.92. The molecular weight excluding hydrogens is 466 g/mol. The van der Waals surface area contributed by atoms with Crippen LogP contribution in [0.15, 0.2) is 59.7 Å². The minimum absolute atomic E-state index is 0. The van der Waals surface area contributed by atoms with Gasteiger partial charge in [-0.25, -0.2) is 0 Å². The Kier molecular flexibility index (Phi) is 6.60. The van der Waals surface area contributed by atoms with Crippen LogP contribution in [-0.2, 0) is 17.4 Å². The van der Waals surface area contributed by atoms with E-state index in [0.29, 0.717) is 7.25 Å². The van der Waals surface area contributed by atoms with Crippen molar-refractivity contribution in [1.29, 1.82) is 0 Å². The van der Waals surface area contributed by atoms with Crippen LogP contribution in [0.25, 0.3) is 12.2 Å². The summed E-state index contributed by atoms with van der Waals surface area (Å²) in [6.45, 7) is 9.69. The van der Waals surface area contributed by atoms with Gasteiger partial charge >= 0.3 is 155 Å². The zero-order chi connectivity index (χ0) is 17.8. The van der Waals surface area contributed by atoms with Gasteiger partial charge in [0.25, 0.3) is 0 Å². The molecule has 2 aliphatic rings. The van der Waals surface area contributed by atoms with E-state index in [2.05, 4.69) is 93.0 Å². The number of rotatable bonds is 3. The molecule has 0 heterocycles. The number of allylic oxidation sites excluding steroid dienone is 2. The van der Waals surface area contributed by atoms with Gasteiger partial charge in [-0.2, -0.15) is 0 Å². The molecule has 0 nitrogen and oxygen atoms in total. The van der Waals surface area contributed by atoms with Gasteiger partial charge in [0.1, 0.15) is 0 Å². The average molecular weight is 497 g/mol. The summed E-state index contributed by atoms with van der Waals surface area (Å²) in [7, 11) is 0. The average Bonchev–Trinajstić information content (AvgIpc) is 3.11. The largest absolute Gasteiger partial charge is 0.147 e. The predicted molar refractivity (Wildman–Crippen MR) is 125 cm³/mol. The maximum atomic E-state index is 2.74. The Morgan fingerprint density at radius 3 is 1.52 bits per heavy atom. The van der Waals surface area contributed by atoms with Crippen molar-refractivity contribution in [2.75, 3.05) is 0 Å². The molecule has 0 amide bonds. The van der Waals surface area contributed by atoms with Gasteiger partial charge in [-0.15, -0.1) is 24.8 Å². The Morgan fingerprint density at radius 1 is 0.778 bits per heavy atom. The van der Waals surface area contributed by atoms with E-state index in [1.165, 1.54) is 15.3 Å². The molecule has 2 aromatic carbocycles. The molecule has 2 aromatic rings. The molecule has 2 unspecified atom stereocenters. The molecule has 0 fully saturated rings. The topological polar surface area (TPSA) is 0 Å². The summed E-state index contributed by atoms with van der Waals surface area (Å²) < 4.78 is 5.43. The van der Waals surface area contributed by atoms with E-state index >= 15 is 0 Å². The zero-order valence-corrected chi connectivity index (χ0v) is 22.2. The van der Waals surface area contributed by atoms with Crippen molar-refractivity contribution in [3.8, 4) is 0 Å². The van der Waals surface area contributed by atoms with Crippen molar-refractivity contribution in [2.24, 2.45) is 0 Å². The maximum absolute atomic E-state index is 3.21. The van der Waals surface area contributed by atoms with Gasteiger partial charge in [0.15, 0.2) is 0 Å². The summed E-state index contributed by atoms with van der Waals surface area (Å²) >= 11 is -3.21. The second-order valence-electron chi connectivity index (χ2n) is 8.77. The Bertz CT molecular complexity index is 931. The molecule has 0 bridgehead atoms. The quantitative estimate of drug-likeness (QED) is 0.407. The molecule has 144 valence electrons. The molecule has 4 heteroatoms. The first-order chi connectivity index (χ1) is 11.9. The van der Waals surface area contributed by atoms with Gasteiger partial charge in [0.05, 0.1) is 0 Å². The fraction of sp³-hybridized carbons (Fsp3) is 0.304. The molecule has 0 aliphatic heterocycles. The van der Waals surface area contributed by atoms with Gasteiger partial charge in [-0.1, -0.05) is 0 Å². The molecule has 0 radical (unpaired) electrons. The molecule has 0 aromatic heterocycles. The maximum Gasteiger partial charge on any atom is -0.147 e. The number of hydrogen-bond acceptors (Lipinski definition) is 0. The van der Waals surface area contributed by atoms with Gasteiger partial charge in [-0.3, -0.25) is 0 Å². The molecule has 2 atom stereocenters. The Hall–Kier alpha value is -0.400. The molecule has 2 aliphatic carbocycles. The number of benzene rings is 2. The van der Waals surface area contributed by atoms with Gasteiger partial charge in [0, 0.05) is 0 Å². The molecular formula is C23H30Cl2SiZr. The van der Waals surface area contributed by atoms with E-state index in [1.54, 1.807) is 22.3 Å². The second-order valence-corrected chi connectivity index (χ2v) is 37.7. The number of fused-ring (bicyclic) bond motifs is 2. The molecule has 27 heavy (non-hydrogen) atoms. The van der Waals surface area contributed by atoms with Crippen molar-refractivity contribution < 1.29 is 17.4 Å². The van der Waals surface area contributed by atoms with Gasteiger partial charge < -0.3 is 0 Å². The van der Waals surface area contributed by atoms with Crippen molar-refractivity contribution in [1.82, 2.24) is 0 Å². The summed E-state index contributed by atoms with van der Waals surface area (Å²) in [5.74, 6) is 0. The third kappa shape index (κ3) is 3.31. The van der Waals surface area contributed by atoms with Crippen LogP contribution in [-0.4, -0.2) is 6.88 Å². The monoisotopic (exact) mass is 494 g/mol. The normalized spacial score (nSPS) is 20.6. The third-order valence-corrected chi connectivity index (χ3v) is 32.1. The van der Waals surface area contributed by atoms with Crippen LogP contribution in [0.1, 0.15) is 50.3 Å². The minimum atomic E-state index is -3.21. The van der Waals surface area contributed by atoms with Gasteiger partial charge in [-0.05, 0) is 0 Å². The van der Waals surface area contributed by atoms with E-state index in [4.69, 9.17) is 0 Å². The Morgan fingerprint density at radius 2 is 1.15 bits per heavy atom. The number of hydrogen-bond donors (Lipinski definition) is 0. The smallest absolute Gasteiger partial charge is 0.147 e. The van der Waals surface area contributed by atoms with Crippen molar-refractivity contribution >= 4 is 43.8 Å². The Balaban J connectivity index is 0.00000131. The third-order valence-electron chi connectivity index (χ3n) is 7.03. The SMILES string of the molecule is C[CH2][Zr]([CH3])(=[SiH2])([CH]1C(C)=Cc2ccccc21)[CH]1C(C)=Cc2ccccc21.Cl.Cl. The van der Waals surface area contributed by atoms with E-state index in [0.717, 1.165) is 0 Å². The van der Waals surface area contributed by atoms with Crippen LogP contribution in [0, 0.1) is 0 Å². The zero-order valence-electron chi connectivity index (χ0n) is 16.7. The van der Waals surface area contributed by atoms with Crippen molar-refractivity contribution in [2.45, 2.75) is 36.8 Å². The molecule has 4 rings (SSSR count). The van der Waals surface area contributed by atoms with Crippen LogP contribution >= 0.6 is 24.8 Å². The predicted octanol–water partition coefficient (Wildman–Crippen LogP) is 6.87.